The number of hydrogen-bond acceptors (Lipinski definition) is 4. The van der Waals surface area contributed by atoms with E-state index in [2.05, 4.69) is 20.1 Å². The molecule has 3 rings (SSSR count). The summed E-state index contributed by atoms with van der Waals surface area (Å²) < 4.78 is 0. The molecule has 1 aliphatic rings. The van der Waals surface area contributed by atoms with Gasteiger partial charge in [0, 0.05) is 45.1 Å². The fraction of sp³-hybridized carbons (Fsp3) is 0.471. The normalized spacial score (nSPS) is 16.2. The number of nitrogens with zero attached hydrogens (tertiary/aromatic N) is 4. The van der Waals surface area contributed by atoms with E-state index in [0.717, 1.165) is 49.6 Å². The van der Waals surface area contributed by atoms with E-state index in [4.69, 9.17) is 11.6 Å². The van der Waals surface area contributed by atoms with Gasteiger partial charge in [-0.05, 0) is 25.0 Å². The molecule has 6 nitrogen and oxygen atoms in total. The van der Waals surface area contributed by atoms with Gasteiger partial charge in [0.15, 0.2) is 0 Å². The number of nitrogens with one attached hydrogen (secondary N) is 1. The molecule has 0 atom stereocenters. The SMILES string of the molecule is Cc1[nH]nc(CN2CCCN(C(=O)Cc3cccnc3)CC2)c1Cl. The summed E-state index contributed by atoms with van der Waals surface area (Å²) in [5.74, 6) is 0.165. The van der Waals surface area contributed by atoms with Crippen LogP contribution in [0.2, 0.25) is 5.02 Å². The first kappa shape index (κ1) is 16.9. The minimum absolute atomic E-state index is 0.165. The molecule has 1 aliphatic heterocycles. The van der Waals surface area contributed by atoms with Crippen molar-refractivity contribution in [2.75, 3.05) is 26.2 Å². The Labute approximate surface area is 146 Å². The van der Waals surface area contributed by atoms with Gasteiger partial charge in [-0.25, -0.2) is 0 Å². The van der Waals surface area contributed by atoms with Gasteiger partial charge in [-0.2, -0.15) is 5.10 Å². The Kier molecular flexibility index (Phi) is 5.48. The van der Waals surface area contributed by atoms with Crippen LogP contribution in [-0.2, 0) is 17.8 Å². The molecule has 1 saturated heterocycles. The molecule has 0 aromatic carbocycles. The van der Waals surface area contributed by atoms with E-state index >= 15 is 0 Å². The van der Waals surface area contributed by atoms with Crippen LogP contribution in [0.1, 0.15) is 23.4 Å². The topological polar surface area (TPSA) is 65.1 Å². The zero-order valence-corrected chi connectivity index (χ0v) is 14.6. The van der Waals surface area contributed by atoms with Crippen LogP contribution in [0.4, 0.5) is 0 Å². The highest BCUT2D eigenvalue weighted by Crippen LogP contribution is 2.19. The van der Waals surface area contributed by atoms with Crippen LogP contribution in [-0.4, -0.2) is 57.1 Å². The Morgan fingerprint density at radius 1 is 1.33 bits per heavy atom. The number of carbonyl (C=O) groups is 1. The summed E-state index contributed by atoms with van der Waals surface area (Å²) in [7, 11) is 0. The molecule has 2 aromatic heterocycles. The highest BCUT2D eigenvalue weighted by Gasteiger charge is 2.20. The molecular weight excluding hydrogens is 326 g/mol. The summed E-state index contributed by atoms with van der Waals surface area (Å²) in [6, 6.07) is 3.80. The number of aryl methyl sites for hydroxylation is 1. The van der Waals surface area contributed by atoms with Crippen molar-refractivity contribution in [3.8, 4) is 0 Å². The van der Waals surface area contributed by atoms with Gasteiger partial charge >= 0.3 is 0 Å². The third kappa shape index (κ3) is 4.13. The second-order valence-corrected chi connectivity index (χ2v) is 6.54. The van der Waals surface area contributed by atoms with Gasteiger partial charge in [0.05, 0.1) is 22.8 Å². The molecule has 0 spiro atoms. The average molecular weight is 348 g/mol. The maximum atomic E-state index is 12.5. The monoisotopic (exact) mass is 347 g/mol. The number of rotatable bonds is 4. The Balaban J connectivity index is 1.55. The number of aromatic nitrogens is 3. The minimum atomic E-state index is 0.165. The highest BCUT2D eigenvalue weighted by molar-refractivity contribution is 6.31. The number of amides is 1. The lowest BCUT2D eigenvalue weighted by molar-refractivity contribution is -0.130. The molecule has 3 heterocycles. The average Bonchev–Trinajstić information content (AvgIpc) is 2.79. The summed E-state index contributed by atoms with van der Waals surface area (Å²) in [5, 5.41) is 7.89. The lowest BCUT2D eigenvalue weighted by Gasteiger charge is -2.21. The molecule has 2 aromatic rings. The first-order chi connectivity index (χ1) is 11.6. The van der Waals surface area contributed by atoms with Crippen molar-refractivity contribution in [2.45, 2.75) is 26.3 Å². The van der Waals surface area contributed by atoms with E-state index in [9.17, 15) is 4.79 Å². The van der Waals surface area contributed by atoms with Gasteiger partial charge in [-0.1, -0.05) is 17.7 Å². The van der Waals surface area contributed by atoms with Crippen molar-refractivity contribution < 1.29 is 4.79 Å². The number of carbonyl (C=O) groups excluding carboxylic acids is 1. The molecule has 24 heavy (non-hydrogen) atoms. The first-order valence-corrected chi connectivity index (χ1v) is 8.59. The molecule has 7 heteroatoms. The van der Waals surface area contributed by atoms with Crippen molar-refractivity contribution >= 4 is 17.5 Å². The zero-order valence-electron chi connectivity index (χ0n) is 13.8. The molecule has 0 radical (unpaired) electrons. The van der Waals surface area contributed by atoms with Crippen LogP contribution in [0.3, 0.4) is 0 Å². The molecular formula is C17H22ClN5O. The fourth-order valence-corrected chi connectivity index (χ4v) is 3.09. The molecule has 0 aliphatic carbocycles. The predicted octanol–water partition coefficient (Wildman–Crippen LogP) is 2.04. The maximum absolute atomic E-state index is 12.5. The molecule has 1 N–H and O–H groups in total. The van der Waals surface area contributed by atoms with Gasteiger partial charge in [-0.15, -0.1) is 0 Å². The summed E-state index contributed by atoms with van der Waals surface area (Å²) >= 11 is 6.25. The lowest BCUT2D eigenvalue weighted by Crippen LogP contribution is -2.36. The number of pyridine rings is 1. The molecule has 0 unspecified atom stereocenters. The number of halogens is 1. The van der Waals surface area contributed by atoms with Crippen LogP contribution in [0, 0.1) is 6.92 Å². The zero-order chi connectivity index (χ0) is 16.9. The number of H-pyrrole nitrogens is 1. The largest absolute Gasteiger partial charge is 0.341 e. The number of hydrogen-bond donors (Lipinski definition) is 1. The Bertz CT molecular complexity index is 688. The van der Waals surface area contributed by atoms with Crippen molar-refractivity contribution in [1.29, 1.82) is 0 Å². The smallest absolute Gasteiger partial charge is 0.227 e. The second-order valence-electron chi connectivity index (χ2n) is 6.16. The van der Waals surface area contributed by atoms with Gasteiger partial charge in [0.2, 0.25) is 5.91 Å². The molecule has 1 fully saturated rings. The summed E-state index contributed by atoms with van der Waals surface area (Å²) in [5.41, 5.74) is 2.74. The standard InChI is InChI=1S/C17H22ClN5O/c1-13-17(18)15(21-20-13)12-22-6-3-7-23(9-8-22)16(24)10-14-4-2-5-19-11-14/h2,4-5,11H,3,6-10,12H2,1H3,(H,20,21). The van der Waals surface area contributed by atoms with Crippen molar-refractivity contribution in [3.05, 3.63) is 46.5 Å². The van der Waals surface area contributed by atoms with E-state index in [1.54, 1.807) is 12.4 Å². The maximum Gasteiger partial charge on any atom is 0.227 e. The third-order valence-corrected chi connectivity index (χ3v) is 4.84. The fourth-order valence-electron chi connectivity index (χ4n) is 2.95. The summed E-state index contributed by atoms with van der Waals surface area (Å²) in [4.78, 5) is 20.8. The van der Waals surface area contributed by atoms with Crippen molar-refractivity contribution in [2.24, 2.45) is 0 Å². The van der Waals surface area contributed by atoms with Gasteiger partial charge in [0.25, 0.3) is 0 Å². The van der Waals surface area contributed by atoms with Gasteiger partial charge in [0.1, 0.15) is 0 Å². The molecule has 0 bridgehead atoms. The van der Waals surface area contributed by atoms with Crippen LogP contribution in [0.15, 0.2) is 24.5 Å². The Morgan fingerprint density at radius 2 is 2.21 bits per heavy atom. The molecule has 128 valence electrons. The van der Waals surface area contributed by atoms with Crippen LogP contribution >= 0.6 is 11.6 Å². The van der Waals surface area contributed by atoms with E-state index in [-0.39, 0.29) is 5.91 Å². The van der Waals surface area contributed by atoms with E-state index < -0.39 is 0 Å². The van der Waals surface area contributed by atoms with Gasteiger partial charge < -0.3 is 4.90 Å². The quantitative estimate of drug-likeness (QED) is 0.919. The van der Waals surface area contributed by atoms with Crippen molar-refractivity contribution in [3.63, 3.8) is 0 Å². The van der Waals surface area contributed by atoms with Crippen LogP contribution in [0.5, 0.6) is 0 Å². The summed E-state index contributed by atoms with van der Waals surface area (Å²) in [6.07, 6.45) is 4.85. The van der Waals surface area contributed by atoms with E-state index in [0.29, 0.717) is 18.0 Å². The van der Waals surface area contributed by atoms with Crippen LogP contribution in [0.25, 0.3) is 0 Å². The van der Waals surface area contributed by atoms with Crippen molar-refractivity contribution in [1.82, 2.24) is 25.0 Å². The molecule has 0 saturated carbocycles. The highest BCUT2D eigenvalue weighted by atomic mass is 35.5. The molecule has 1 amide bonds. The Morgan fingerprint density at radius 3 is 2.92 bits per heavy atom. The van der Waals surface area contributed by atoms with E-state index in [1.165, 1.54) is 0 Å². The summed E-state index contributed by atoms with van der Waals surface area (Å²) in [6.45, 7) is 5.94. The number of aromatic amines is 1. The Hall–Kier alpha value is -1.92. The van der Waals surface area contributed by atoms with E-state index in [1.807, 2.05) is 24.0 Å². The van der Waals surface area contributed by atoms with Gasteiger partial charge in [-0.3, -0.25) is 19.8 Å². The first-order valence-electron chi connectivity index (χ1n) is 8.22. The predicted molar refractivity (Wildman–Crippen MR) is 92.7 cm³/mol. The van der Waals surface area contributed by atoms with Crippen LogP contribution < -0.4 is 0 Å². The second kappa shape index (κ2) is 7.77. The minimum Gasteiger partial charge on any atom is -0.341 e. The third-order valence-electron chi connectivity index (χ3n) is 4.33. The lowest BCUT2D eigenvalue weighted by atomic mass is 10.2.